The normalized spacial score (nSPS) is 11.2. The lowest BCUT2D eigenvalue weighted by molar-refractivity contribution is -0.116. The van der Waals surface area contributed by atoms with Crippen LogP contribution in [-0.2, 0) is 11.3 Å². The number of nitrogens with one attached hydrogen (secondary N) is 1. The number of hydrogen-bond acceptors (Lipinski definition) is 3. The predicted molar refractivity (Wildman–Crippen MR) is 94.1 cm³/mol. The molecule has 0 fully saturated rings. The maximum atomic E-state index is 12.3. The third-order valence-corrected chi connectivity index (χ3v) is 3.99. The van der Waals surface area contributed by atoms with Crippen LogP contribution < -0.4 is 5.32 Å². The Labute approximate surface area is 141 Å². The van der Waals surface area contributed by atoms with Gasteiger partial charge < -0.3 is 15.1 Å². The zero-order chi connectivity index (χ0) is 16.2. The van der Waals surface area contributed by atoms with E-state index in [9.17, 15) is 4.79 Å². The number of carbonyl (C=O) groups is 1. The number of nitrogens with zero attached hydrogens (tertiary/aromatic N) is 2. The molecule has 0 spiro atoms. The zero-order valence-corrected chi connectivity index (χ0v) is 13.7. The van der Waals surface area contributed by atoms with E-state index in [4.69, 9.17) is 5.21 Å². The summed E-state index contributed by atoms with van der Waals surface area (Å²) in [5, 5.41) is 15.6. The smallest absolute Gasteiger partial charge is 0.244 e. The van der Waals surface area contributed by atoms with Crippen LogP contribution >= 0.6 is 15.9 Å². The summed E-state index contributed by atoms with van der Waals surface area (Å²) < 4.78 is 2.79. The molecule has 1 heterocycles. The number of hydrogen-bond donors (Lipinski definition) is 2. The average molecular weight is 372 g/mol. The van der Waals surface area contributed by atoms with Gasteiger partial charge in [-0.3, -0.25) is 4.79 Å². The van der Waals surface area contributed by atoms with Crippen LogP contribution in [0.15, 0.2) is 64.4 Å². The molecule has 6 heteroatoms. The van der Waals surface area contributed by atoms with Gasteiger partial charge in [-0.15, -0.1) is 0 Å². The highest BCUT2D eigenvalue weighted by atomic mass is 79.9. The molecule has 1 aromatic heterocycles. The van der Waals surface area contributed by atoms with Gasteiger partial charge in [-0.05, 0) is 30.3 Å². The van der Waals surface area contributed by atoms with Crippen molar-refractivity contribution in [1.29, 1.82) is 0 Å². The van der Waals surface area contributed by atoms with Gasteiger partial charge in [0, 0.05) is 32.8 Å². The lowest BCUT2D eigenvalue weighted by Gasteiger charge is -2.07. The summed E-state index contributed by atoms with van der Waals surface area (Å²) in [5.41, 5.74) is 2.42. The minimum absolute atomic E-state index is 0.124. The fourth-order valence-electron chi connectivity index (χ4n) is 2.46. The summed E-state index contributed by atoms with van der Waals surface area (Å²) in [6.45, 7) is 0.176. The number of oxime groups is 1. The van der Waals surface area contributed by atoms with Crippen LogP contribution in [0.1, 0.15) is 5.56 Å². The number of fused-ring (bicyclic) bond motifs is 1. The van der Waals surface area contributed by atoms with Crippen molar-refractivity contribution in [2.75, 3.05) is 5.32 Å². The van der Waals surface area contributed by atoms with Gasteiger partial charge in [-0.1, -0.05) is 39.3 Å². The Balaban J connectivity index is 1.83. The zero-order valence-electron chi connectivity index (χ0n) is 12.1. The highest BCUT2D eigenvalue weighted by Gasteiger charge is 2.10. The first-order valence-electron chi connectivity index (χ1n) is 6.98. The van der Waals surface area contributed by atoms with E-state index in [-0.39, 0.29) is 12.5 Å². The Kier molecular flexibility index (Phi) is 4.43. The van der Waals surface area contributed by atoms with Crippen LogP contribution in [0.5, 0.6) is 0 Å². The summed E-state index contributed by atoms with van der Waals surface area (Å²) in [5.74, 6) is -0.124. The predicted octanol–water partition coefficient (Wildman–Crippen LogP) is 3.85. The molecule has 2 aromatic carbocycles. The standard InChI is InChI=1S/C17H14BrN3O2/c18-13-5-7-14(8-6-13)20-17(22)11-21-10-12(9-19-23)15-3-1-2-4-16(15)21/h1-10,23H,11H2,(H,20,22). The molecule has 3 rings (SSSR count). The first-order valence-corrected chi connectivity index (χ1v) is 7.77. The third-order valence-electron chi connectivity index (χ3n) is 3.46. The Morgan fingerprint density at radius 2 is 1.96 bits per heavy atom. The monoisotopic (exact) mass is 371 g/mol. The second-order valence-corrected chi connectivity index (χ2v) is 5.94. The molecular weight excluding hydrogens is 358 g/mol. The quantitative estimate of drug-likeness (QED) is 0.415. The molecule has 0 aliphatic heterocycles. The number of rotatable bonds is 4. The van der Waals surface area contributed by atoms with E-state index in [1.54, 1.807) is 6.20 Å². The third kappa shape index (κ3) is 3.43. The molecule has 0 aliphatic carbocycles. The van der Waals surface area contributed by atoms with Crippen molar-refractivity contribution in [3.05, 3.63) is 64.8 Å². The molecule has 5 nitrogen and oxygen atoms in total. The van der Waals surface area contributed by atoms with Crippen molar-refractivity contribution in [2.45, 2.75) is 6.54 Å². The summed E-state index contributed by atoms with van der Waals surface area (Å²) >= 11 is 3.36. The molecule has 1 amide bonds. The summed E-state index contributed by atoms with van der Waals surface area (Å²) in [4.78, 5) is 12.3. The van der Waals surface area contributed by atoms with Gasteiger partial charge in [0.25, 0.3) is 0 Å². The second kappa shape index (κ2) is 6.66. The first-order chi connectivity index (χ1) is 11.2. The largest absolute Gasteiger partial charge is 0.411 e. The molecule has 0 unspecified atom stereocenters. The molecule has 116 valence electrons. The number of para-hydroxylation sites is 1. The lowest BCUT2D eigenvalue weighted by Crippen LogP contribution is -2.18. The van der Waals surface area contributed by atoms with E-state index in [0.29, 0.717) is 0 Å². The Hall–Kier alpha value is -2.60. The van der Waals surface area contributed by atoms with E-state index < -0.39 is 0 Å². The molecule has 0 saturated carbocycles. The van der Waals surface area contributed by atoms with Gasteiger partial charge in [0.2, 0.25) is 5.91 Å². The van der Waals surface area contributed by atoms with Gasteiger partial charge >= 0.3 is 0 Å². The lowest BCUT2D eigenvalue weighted by atomic mass is 10.2. The summed E-state index contributed by atoms with van der Waals surface area (Å²) in [7, 11) is 0. The number of benzene rings is 2. The van der Waals surface area contributed by atoms with Gasteiger partial charge in [0.05, 0.1) is 6.21 Å². The second-order valence-electron chi connectivity index (χ2n) is 5.03. The summed E-state index contributed by atoms with van der Waals surface area (Å²) in [6.07, 6.45) is 3.16. The summed E-state index contributed by atoms with van der Waals surface area (Å²) in [6, 6.07) is 15.1. The van der Waals surface area contributed by atoms with Crippen LogP contribution in [0, 0.1) is 0 Å². The molecule has 0 aliphatic rings. The van der Waals surface area contributed by atoms with E-state index in [0.717, 1.165) is 26.6 Å². The number of halogens is 1. The van der Waals surface area contributed by atoms with Crippen LogP contribution in [0.25, 0.3) is 10.9 Å². The minimum atomic E-state index is -0.124. The molecule has 0 saturated heterocycles. The molecule has 23 heavy (non-hydrogen) atoms. The number of aromatic nitrogens is 1. The molecular formula is C17H14BrN3O2. The molecule has 0 atom stereocenters. The van der Waals surface area contributed by atoms with Crippen molar-refractivity contribution in [3.8, 4) is 0 Å². The average Bonchev–Trinajstić information content (AvgIpc) is 2.88. The molecule has 3 aromatic rings. The van der Waals surface area contributed by atoms with Crippen molar-refractivity contribution < 1.29 is 10.0 Å². The Bertz CT molecular complexity index is 869. The maximum Gasteiger partial charge on any atom is 0.244 e. The molecule has 2 N–H and O–H groups in total. The molecule has 0 radical (unpaired) electrons. The SMILES string of the molecule is O=C(Cn1cc(C=NO)c2ccccc21)Nc1ccc(Br)cc1. The highest BCUT2D eigenvalue weighted by molar-refractivity contribution is 9.10. The van der Waals surface area contributed by atoms with Crippen molar-refractivity contribution in [2.24, 2.45) is 5.16 Å². The van der Waals surface area contributed by atoms with Crippen LogP contribution in [0.3, 0.4) is 0 Å². The Morgan fingerprint density at radius 3 is 2.70 bits per heavy atom. The first kappa shape index (κ1) is 15.3. The van der Waals surface area contributed by atoms with Crippen LogP contribution in [0.4, 0.5) is 5.69 Å². The Morgan fingerprint density at radius 1 is 1.22 bits per heavy atom. The van der Waals surface area contributed by atoms with Crippen molar-refractivity contribution in [3.63, 3.8) is 0 Å². The minimum Gasteiger partial charge on any atom is -0.411 e. The highest BCUT2D eigenvalue weighted by Crippen LogP contribution is 2.20. The number of carbonyl (C=O) groups excluding carboxylic acids is 1. The van der Waals surface area contributed by atoms with Gasteiger partial charge in [0.15, 0.2) is 0 Å². The molecule has 0 bridgehead atoms. The van der Waals surface area contributed by atoms with Gasteiger partial charge in [-0.2, -0.15) is 0 Å². The van der Waals surface area contributed by atoms with Gasteiger partial charge in [-0.25, -0.2) is 0 Å². The fourth-order valence-corrected chi connectivity index (χ4v) is 2.72. The van der Waals surface area contributed by atoms with E-state index >= 15 is 0 Å². The van der Waals surface area contributed by atoms with E-state index in [2.05, 4.69) is 26.4 Å². The topological polar surface area (TPSA) is 66.6 Å². The van der Waals surface area contributed by atoms with Crippen molar-refractivity contribution >= 4 is 44.6 Å². The van der Waals surface area contributed by atoms with E-state index in [1.807, 2.05) is 53.1 Å². The fraction of sp³-hybridized carbons (Fsp3) is 0.0588. The maximum absolute atomic E-state index is 12.3. The van der Waals surface area contributed by atoms with Crippen LogP contribution in [0.2, 0.25) is 0 Å². The number of amides is 1. The van der Waals surface area contributed by atoms with Gasteiger partial charge in [0.1, 0.15) is 6.54 Å². The van der Waals surface area contributed by atoms with E-state index in [1.165, 1.54) is 6.21 Å². The van der Waals surface area contributed by atoms with Crippen molar-refractivity contribution in [1.82, 2.24) is 4.57 Å². The number of anilines is 1. The van der Waals surface area contributed by atoms with Crippen LogP contribution in [-0.4, -0.2) is 21.9 Å².